The van der Waals surface area contributed by atoms with Crippen molar-refractivity contribution in [2.45, 2.75) is 19.1 Å². The highest BCUT2D eigenvalue weighted by molar-refractivity contribution is 5.96. The van der Waals surface area contributed by atoms with Gasteiger partial charge in [0.15, 0.2) is 0 Å². The number of rotatable bonds is 2. The fourth-order valence-corrected chi connectivity index (χ4v) is 2.11. The minimum absolute atomic E-state index is 0.00289. The zero-order valence-corrected chi connectivity index (χ0v) is 9.97. The number of morpholine rings is 1. The Morgan fingerprint density at radius 1 is 1.41 bits per heavy atom. The maximum Gasteiger partial charge on any atom is 0.128 e. The molecular formula is C13H18N2O2. The summed E-state index contributed by atoms with van der Waals surface area (Å²) in [7, 11) is 0. The first-order valence-electron chi connectivity index (χ1n) is 5.86. The van der Waals surface area contributed by atoms with Gasteiger partial charge in [-0.1, -0.05) is 30.3 Å². The summed E-state index contributed by atoms with van der Waals surface area (Å²) >= 11 is 0. The number of ether oxygens (including phenoxy) is 1. The van der Waals surface area contributed by atoms with Crippen molar-refractivity contribution in [3.63, 3.8) is 0 Å². The molecule has 1 fully saturated rings. The molecule has 4 heteroatoms. The van der Waals surface area contributed by atoms with Gasteiger partial charge in [-0.05, 0) is 6.92 Å². The normalized spacial score (nSPS) is 24.7. The van der Waals surface area contributed by atoms with Crippen LogP contribution in [0.4, 0.5) is 0 Å². The van der Waals surface area contributed by atoms with Gasteiger partial charge < -0.3 is 14.7 Å². The van der Waals surface area contributed by atoms with Gasteiger partial charge >= 0.3 is 0 Å². The number of aliphatic hydroxyl groups is 1. The van der Waals surface area contributed by atoms with Gasteiger partial charge in [0.05, 0.1) is 18.8 Å². The molecule has 0 aromatic heterocycles. The molecule has 1 aliphatic heterocycles. The van der Waals surface area contributed by atoms with Gasteiger partial charge in [-0.25, -0.2) is 0 Å². The molecule has 1 aliphatic rings. The molecule has 0 spiro atoms. The van der Waals surface area contributed by atoms with Gasteiger partial charge in [-0.2, -0.15) is 0 Å². The van der Waals surface area contributed by atoms with E-state index in [2.05, 4.69) is 0 Å². The van der Waals surface area contributed by atoms with Crippen LogP contribution in [-0.2, 0) is 4.74 Å². The summed E-state index contributed by atoms with van der Waals surface area (Å²) < 4.78 is 5.56. The largest absolute Gasteiger partial charge is 0.394 e. The van der Waals surface area contributed by atoms with Crippen LogP contribution in [0.15, 0.2) is 30.3 Å². The second kappa shape index (κ2) is 5.29. The molecule has 0 amide bonds. The summed E-state index contributed by atoms with van der Waals surface area (Å²) in [5.41, 5.74) is 0.901. The lowest BCUT2D eigenvalue weighted by molar-refractivity contribution is -0.0785. The number of nitrogens with zero attached hydrogens (tertiary/aromatic N) is 1. The van der Waals surface area contributed by atoms with Crippen LogP contribution in [0.5, 0.6) is 0 Å². The second-order valence-electron chi connectivity index (χ2n) is 4.37. The summed E-state index contributed by atoms with van der Waals surface area (Å²) in [5, 5.41) is 17.3. The Morgan fingerprint density at radius 2 is 2.12 bits per heavy atom. The quantitative estimate of drug-likeness (QED) is 0.595. The number of aliphatic hydroxyl groups excluding tert-OH is 1. The first-order chi connectivity index (χ1) is 8.20. The zero-order chi connectivity index (χ0) is 12.3. The molecule has 0 radical (unpaired) electrons. The average molecular weight is 234 g/mol. The number of hydrogen-bond donors (Lipinski definition) is 2. The second-order valence-corrected chi connectivity index (χ2v) is 4.37. The van der Waals surface area contributed by atoms with Gasteiger partial charge in [0.2, 0.25) is 0 Å². The van der Waals surface area contributed by atoms with E-state index in [-0.39, 0.29) is 18.8 Å². The Labute approximate surface area is 101 Å². The molecule has 0 saturated carbocycles. The number of amidine groups is 1. The topological polar surface area (TPSA) is 56.6 Å². The Kier molecular flexibility index (Phi) is 3.76. The van der Waals surface area contributed by atoms with Crippen molar-refractivity contribution in [3.8, 4) is 0 Å². The monoisotopic (exact) mass is 234 g/mol. The molecular weight excluding hydrogens is 216 g/mol. The third-order valence-electron chi connectivity index (χ3n) is 2.89. The van der Waals surface area contributed by atoms with Crippen LogP contribution >= 0.6 is 0 Å². The minimum Gasteiger partial charge on any atom is -0.394 e. The van der Waals surface area contributed by atoms with Crippen LogP contribution in [0.3, 0.4) is 0 Å². The fraction of sp³-hybridized carbons (Fsp3) is 0.462. The Morgan fingerprint density at radius 3 is 2.76 bits per heavy atom. The predicted octanol–water partition coefficient (Wildman–Crippen LogP) is 1.09. The number of benzene rings is 1. The van der Waals surface area contributed by atoms with Crippen LogP contribution in [0.1, 0.15) is 12.5 Å². The van der Waals surface area contributed by atoms with Crippen LogP contribution in [0, 0.1) is 5.41 Å². The molecule has 1 aromatic carbocycles. The summed E-state index contributed by atoms with van der Waals surface area (Å²) in [6.07, 6.45) is -0.146. The smallest absolute Gasteiger partial charge is 0.128 e. The predicted molar refractivity (Wildman–Crippen MR) is 66.3 cm³/mol. The summed E-state index contributed by atoms with van der Waals surface area (Å²) in [6, 6.07) is 9.65. The molecule has 2 unspecified atom stereocenters. The molecule has 0 aliphatic carbocycles. The SMILES string of the molecule is CC1CN(C(=N)c2ccccc2)CC(CO)O1. The standard InChI is InChI=1S/C13H18N2O2/c1-10-7-15(8-12(9-16)17-10)13(14)11-5-3-2-4-6-11/h2-6,10,12,14,16H,7-9H2,1H3. The molecule has 1 heterocycles. The lowest BCUT2D eigenvalue weighted by Gasteiger charge is -2.37. The molecule has 17 heavy (non-hydrogen) atoms. The molecule has 2 rings (SSSR count). The zero-order valence-electron chi connectivity index (χ0n) is 9.97. The van der Waals surface area contributed by atoms with Gasteiger partial charge in [-0.15, -0.1) is 0 Å². The molecule has 2 N–H and O–H groups in total. The molecule has 92 valence electrons. The van der Waals surface area contributed by atoms with Gasteiger partial charge in [0, 0.05) is 18.7 Å². The average Bonchev–Trinajstić information content (AvgIpc) is 2.38. The van der Waals surface area contributed by atoms with Gasteiger partial charge in [0.25, 0.3) is 0 Å². The molecule has 1 aromatic rings. The third kappa shape index (κ3) is 2.84. The first kappa shape index (κ1) is 12.1. The summed E-state index contributed by atoms with van der Waals surface area (Å²) in [6.45, 7) is 3.24. The lowest BCUT2D eigenvalue weighted by Crippen LogP contribution is -2.50. The van der Waals surface area contributed by atoms with E-state index in [1.54, 1.807) is 0 Å². The Hall–Kier alpha value is -1.39. The molecule has 4 nitrogen and oxygen atoms in total. The van der Waals surface area contributed by atoms with Crippen molar-refractivity contribution in [1.82, 2.24) is 4.90 Å². The van der Waals surface area contributed by atoms with Gasteiger partial charge in [0.1, 0.15) is 5.84 Å². The van der Waals surface area contributed by atoms with Crippen LogP contribution in [0.25, 0.3) is 0 Å². The van der Waals surface area contributed by atoms with Crippen LogP contribution < -0.4 is 0 Å². The maximum atomic E-state index is 9.16. The number of hydrogen-bond acceptors (Lipinski definition) is 3. The minimum atomic E-state index is -0.192. The van der Waals surface area contributed by atoms with E-state index in [0.717, 1.165) is 5.56 Å². The van der Waals surface area contributed by atoms with Crippen LogP contribution in [-0.4, -0.2) is 47.7 Å². The maximum absolute atomic E-state index is 9.16. The highest BCUT2D eigenvalue weighted by atomic mass is 16.5. The van der Waals surface area contributed by atoms with E-state index >= 15 is 0 Å². The van der Waals surface area contributed by atoms with Gasteiger partial charge in [-0.3, -0.25) is 5.41 Å². The van der Waals surface area contributed by atoms with Crippen LogP contribution in [0.2, 0.25) is 0 Å². The van der Waals surface area contributed by atoms with Crippen molar-refractivity contribution in [1.29, 1.82) is 5.41 Å². The van der Waals surface area contributed by atoms with Crippen molar-refractivity contribution >= 4 is 5.84 Å². The molecule has 1 saturated heterocycles. The van der Waals surface area contributed by atoms with E-state index in [1.807, 2.05) is 42.2 Å². The fourth-order valence-electron chi connectivity index (χ4n) is 2.11. The number of nitrogens with one attached hydrogen (secondary N) is 1. The van der Waals surface area contributed by atoms with Crippen molar-refractivity contribution in [2.24, 2.45) is 0 Å². The van der Waals surface area contributed by atoms with E-state index in [9.17, 15) is 0 Å². The Balaban J connectivity index is 2.09. The highest BCUT2D eigenvalue weighted by Crippen LogP contribution is 2.14. The highest BCUT2D eigenvalue weighted by Gasteiger charge is 2.26. The third-order valence-corrected chi connectivity index (χ3v) is 2.89. The summed E-state index contributed by atoms with van der Waals surface area (Å²) in [4.78, 5) is 1.96. The van der Waals surface area contributed by atoms with E-state index < -0.39 is 0 Å². The van der Waals surface area contributed by atoms with Crippen molar-refractivity contribution in [2.75, 3.05) is 19.7 Å². The molecule has 2 atom stereocenters. The van der Waals surface area contributed by atoms with E-state index in [1.165, 1.54) is 0 Å². The molecule has 0 bridgehead atoms. The van der Waals surface area contributed by atoms with Crippen molar-refractivity contribution in [3.05, 3.63) is 35.9 Å². The summed E-state index contributed by atoms with van der Waals surface area (Å²) in [5.74, 6) is 0.499. The van der Waals surface area contributed by atoms with Crippen molar-refractivity contribution < 1.29 is 9.84 Å². The van der Waals surface area contributed by atoms with E-state index in [4.69, 9.17) is 15.3 Å². The lowest BCUT2D eigenvalue weighted by atomic mass is 10.1. The van der Waals surface area contributed by atoms with E-state index in [0.29, 0.717) is 18.9 Å². The Bertz CT molecular complexity index is 380. The first-order valence-corrected chi connectivity index (χ1v) is 5.86.